The third kappa shape index (κ3) is 4.77. The molecule has 1 aromatic heterocycles. The Labute approximate surface area is 153 Å². The van der Waals surface area contributed by atoms with E-state index in [9.17, 15) is 0 Å². The summed E-state index contributed by atoms with van der Waals surface area (Å²) in [6.45, 7) is 5.40. The zero-order valence-corrected chi connectivity index (χ0v) is 15.9. The first kappa shape index (κ1) is 18.4. The average Bonchev–Trinajstić information content (AvgIpc) is 3.20. The molecule has 0 aromatic carbocycles. The molecule has 1 N–H and O–H groups in total. The van der Waals surface area contributed by atoms with E-state index in [2.05, 4.69) is 25.3 Å². The molecule has 0 radical (unpaired) electrons. The number of aryl methyl sites for hydroxylation is 1. The van der Waals surface area contributed by atoms with Gasteiger partial charge in [-0.25, -0.2) is 0 Å². The number of ether oxygens (including phenoxy) is 2. The lowest BCUT2D eigenvalue weighted by Gasteiger charge is -2.37. The summed E-state index contributed by atoms with van der Waals surface area (Å²) >= 11 is 0. The zero-order chi connectivity index (χ0) is 15.4. The Morgan fingerprint density at radius 1 is 1.35 bits per heavy atom. The lowest BCUT2D eigenvalue weighted by molar-refractivity contribution is -0.0817. The summed E-state index contributed by atoms with van der Waals surface area (Å²) in [6.07, 6.45) is 2.52. The Bertz CT molecular complexity index is 518. The number of nitrogens with zero attached hydrogens (tertiary/aromatic N) is 4. The number of halogens is 1. The molecule has 2 saturated heterocycles. The summed E-state index contributed by atoms with van der Waals surface area (Å²) in [7, 11) is 1.78. The molecule has 2 fully saturated rings. The molecule has 9 heteroatoms. The maximum atomic E-state index is 5.86. The summed E-state index contributed by atoms with van der Waals surface area (Å²) in [5.74, 6) is 2.02. The van der Waals surface area contributed by atoms with Gasteiger partial charge in [0.15, 0.2) is 11.8 Å². The van der Waals surface area contributed by atoms with Crippen molar-refractivity contribution in [1.82, 2.24) is 20.4 Å². The van der Waals surface area contributed by atoms with Gasteiger partial charge in [0, 0.05) is 33.7 Å². The van der Waals surface area contributed by atoms with Crippen molar-refractivity contribution in [2.75, 3.05) is 33.4 Å². The van der Waals surface area contributed by atoms with Crippen molar-refractivity contribution in [2.24, 2.45) is 4.99 Å². The van der Waals surface area contributed by atoms with E-state index in [-0.39, 0.29) is 36.2 Å². The van der Waals surface area contributed by atoms with Gasteiger partial charge in [-0.15, -0.1) is 24.0 Å². The van der Waals surface area contributed by atoms with Gasteiger partial charge in [-0.1, -0.05) is 5.16 Å². The highest BCUT2D eigenvalue weighted by atomic mass is 127. The molecule has 3 rings (SSSR count). The van der Waals surface area contributed by atoms with E-state index >= 15 is 0 Å². The van der Waals surface area contributed by atoms with Gasteiger partial charge in [0.25, 0.3) is 0 Å². The van der Waals surface area contributed by atoms with Crippen LogP contribution in [0.4, 0.5) is 0 Å². The van der Waals surface area contributed by atoms with Crippen LogP contribution in [0.1, 0.15) is 24.6 Å². The third-order valence-electron chi connectivity index (χ3n) is 3.96. The van der Waals surface area contributed by atoms with Gasteiger partial charge in [0.1, 0.15) is 6.10 Å². The minimum Gasteiger partial charge on any atom is -0.375 e. The summed E-state index contributed by atoms with van der Waals surface area (Å²) in [5, 5.41) is 7.15. The second kappa shape index (κ2) is 8.78. The highest BCUT2D eigenvalue weighted by Gasteiger charge is 2.32. The van der Waals surface area contributed by atoms with Crippen LogP contribution in [0.25, 0.3) is 0 Å². The number of guanidine groups is 1. The number of aromatic nitrogens is 2. The molecule has 0 bridgehead atoms. The largest absolute Gasteiger partial charge is 0.375 e. The Morgan fingerprint density at radius 2 is 2.17 bits per heavy atom. The number of morpholine rings is 1. The zero-order valence-electron chi connectivity index (χ0n) is 13.5. The van der Waals surface area contributed by atoms with E-state index < -0.39 is 0 Å². The fourth-order valence-corrected chi connectivity index (χ4v) is 2.89. The highest BCUT2D eigenvalue weighted by Crippen LogP contribution is 2.21. The molecule has 0 amide bonds. The van der Waals surface area contributed by atoms with Crippen molar-refractivity contribution in [3.05, 3.63) is 11.7 Å². The van der Waals surface area contributed by atoms with Crippen molar-refractivity contribution in [3.63, 3.8) is 0 Å². The SMILES string of the molecule is CN=C(NCc1noc(C)n1)N1CCOC(C2CCCO2)C1.I. The molecular formula is C14H24IN5O3. The summed E-state index contributed by atoms with van der Waals surface area (Å²) in [6, 6.07) is 0. The van der Waals surface area contributed by atoms with Crippen LogP contribution >= 0.6 is 24.0 Å². The van der Waals surface area contributed by atoms with Crippen molar-refractivity contribution >= 4 is 29.9 Å². The fourth-order valence-electron chi connectivity index (χ4n) is 2.89. The predicted octanol–water partition coefficient (Wildman–Crippen LogP) is 0.951. The van der Waals surface area contributed by atoms with Crippen molar-refractivity contribution in [3.8, 4) is 0 Å². The van der Waals surface area contributed by atoms with Gasteiger partial charge in [0.2, 0.25) is 5.89 Å². The minimum absolute atomic E-state index is 0. The van der Waals surface area contributed by atoms with Crippen LogP contribution in [0, 0.1) is 6.92 Å². The Morgan fingerprint density at radius 3 is 2.83 bits per heavy atom. The number of rotatable bonds is 3. The fraction of sp³-hybridized carbons (Fsp3) is 0.786. The van der Waals surface area contributed by atoms with E-state index in [1.807, 2.05) is 0 Å². The third-order valence-corrected chi connectivity index (χ3v) is 3.96. The molecule has 0 spiro atoms. The van der Waals surface area contributed by atoms with E-state index in [1.165, 1.54) is 0 Å². The molecule has 23 heavy (non-hydrogen) atoms. The quantitative estimate of drug-likeness (QED) is 0.428. The summed E-state index contributed by atoms with van der Waals surface area (Å²) in [4.78, 5) is 10.7. The molecule has 2 unspecified atom stereocenters. The lowest BCUT2D eigenvalue weighted by atomic mass is 10.1. The standard InChI is InChI=1S/C14H23N5O3.HI/c1-10-17-13(18-22-10)8-16-14(15-2)19-5-7-21-12(9-19)11-4-3-6-20-11;/h11-12H,3-9H2,1-2H3,(H,15,16);1H. The first-order valence-corrected chi connectivity index (χ1v) is 7.74. The van der Waals surface area contributed by atoms with Crippen LogP contribution in [-0.4, -0.2) is 66.6 Å². The first-order valence-electron chi connectivity index (χ1n) is 7.74. The number of hydrogen-bond donors (Lipinski definition) is 1. The van der Waals surface area contributed by atoms with Gasteiger partial charge in [-0.2, -0.15) is 4.98 Å². The van der Waals surface area contributed by atoms with Gasteiger partial charge in [0.05, 0.1) is 19.3 Å². The highest BCUT2D eigenvalue weighted by molar-refractivity contribution is 14.0. The smallest absolute Gasteiger partial charge is 0.223 e. The molecule has 2 aliphatic rings. The van der Waals surface area contributed by atoms with E-state index in [0.29, 0.717) is 24.9 Å². The number of hydrogen-bond acceptors (Lipinski definition) is 6. The second-order valence-corrected chi connectivity index (χ2v) is 5.54. The normalized spacial score (nSPS) is 25.3. The Hall–Kier alpha value is -0.940. The molecule has 1 aromatic rings. The average molecular weight is 437 g/mol. The van der Waals surface area contributed by atoms with Crippen LogP contribution < -0.4 is 5.32 Å². The first-order chi connectivity index (χ1) is 10.8. The number of aliphatic imine (C=N–C) groups is 1. The maximum absolute atomic E-state index is 5.86. The van der Waals surface area contributed by atoms with E-state index in [4.69, 9.17) is 14.0 Å². The van der Waals surface area contributed by atoms with Crippen LogP contribution in [0.2, 0.25) is 0 Å². The topological polar surface area (TPSA) is 85.0 Å². The van der Waals surface area contributed by atoms with Crippen LogP contribution in [0.3, 0.4) is 0 Å². The predicted molar refractivity (Wildman–Crippen MR) is 94.9 cm³/mol. The number of nitrogens with one attached hydrogen (secondary N) is 1. The van der Waals surface area contributed by atoms with E-state index in [1.54, 1.807) is 14.0 Å². The van der Waals surface area contributed by atoms with Crippen molar-refractivity contribution < 1.29 is 14.0 Å². The second-order valence-electron chi connectivity index (χ2n) is 5.54. The summed E-state index contributed by atoms with van der Waals surface area (Å²) < 4.78 is 16.6. The Kier molecular flexibility index (Phi) is 7.03. The molecule has 0 aliphatic carbocycles. The van der Waals surface area contributed by atoms with Crippen LogP contribution in [-0.2, 0) is 16.0 Å². The van der Waals surface area contributed by atoms with Crippen LogP contribution in [0.5, 0.6) is 0 Å². The van der Waals surface area contributed by atoms with Crippen LogP contribution in [0.15, 0.2) is 9.52 Å². The molecule has 130 valence electrons. The lowest BCUT2D eigenvalue weighted by Crippen LogP contribution is -2.53. The van der Waals surface area contributed by atoms with E-state index in [0.717, 1.165) is 38.5 Å². The molecular weight excluding hydrogens is 413 g/mol. The van der Waals surface area contributed by atoms with Crippen molar-refractivity contribution in [1.29, 1.82) is 0 Å². The molecule has 3 heterocycles. The molecule has 0 saturated carbocycles. The summed E-state index contributed by atoms with van der Waals surface area (Å²) in [5.41, 5.74) is 0. The van der Waals surface area contributed by atoms with Crippen molar-refractivity contribution in [2.45, 2.75) is 38.5 Å². The van der Waals surface area contributed by atoms with Gasteiger partial charge >= 0.3 is 0 Å². The molecule has 2 atom stereocenters. The van der Waals surface area contributed by atoms with Gasteiger partial charge in [-0.3, -0.25) is 4.99 Å². The minimum atomic E-state index is 0. The Balaban J connectivity index is 0.00000192. The van der Waals surface area contributed by atoms with Gasteiger partial charge in [-0.05, 0) is 12.8 Å². The van der Waals surface area contributed by atoms with Gasteiger partial charge < -0.3 is 24.2 Å². The maximum Gasteiger partial charge on any atom is 0.223 e. The molecule has 8 nitrogen and oxygen atoms in total. The monoisotopic (exact) mass is 437 g/mol. The molecule has 2 aliphatic heterocycles.